The minimum Gasteiger partial charge on any atom is -0.489 e. The van der Waals surface area contributed by atoms with E-state index in [1.54, 1.807) is 18.2 Å². The minimum absolute atomic E-state index is 0.0191. The van der Waals surface area contributed by atoms with Gasteiger partial charge < -0.3 is 20.1 Å². The van der Waals surface area contributed by atoms with Crippen LogP contribution in [0.15, 0.2) is 24.3 Å². The van der Waals surface area contributed by atoms with Gasteiger partial charge in [0.1, 0.15) is 12.4 Å². The Balaban J connectivity index is 1.83. The van der Waals surface area contributed by atoms with Crippen LogP contribution in [-0.2, 0) is 14.8 Å². The van der Waals surface area contributed by atoms with Crippen molar-refractivity contribution < 1.29 is 22.7 Å². The number of para-hydroxylation sites is 2. The quantitative estimate of drug-likeness (QED) is 0.717. The van der Waals surface area contributed by atoms with Crippen molar-refractivity contribution in [2.45, 2.75) is 18.9 Å². The van der Waals surface area contributed by atoms with Crippen LogP contribution in [-0.4, -0.2) is 64.5 Å². The van der Waals surface area contributed by atoms with Crippen LogP contribution in [0.4, 0.5) is 10.5 Å². The number of nitrogens with one attached hydrogen (secondary N) is 2. The molecule has 1 aliphatic rings. The molecule has 0 spiro atoms. The number of anilines is 1. The Morgan fingerprint density at radius 2 is 2.12 bits per heavy atom. The normalized spacial score (nSPS) is 17.5. The number of amides is 2. The van der Waals surface area contributed by atoms with E-state index < -0.39 is 16.1 Å². The van der Waals surface area contributed by atoms with Crippen LogP contribution < -0.4 is 15.4 Å². The summed E-state index contributed by atoms with van der Waals surface area (Å²) in [6, 6.07) is 6.60. The van der Waals surface area contributed by atoms with Gasteiger partial charge in [0.15, 0.2) is 0 Å². The Hall–Kier alpha value is -1.84. The second-order valence-electron chi connectivity index (χ2n) is 5.92. The summed E-state index contributed by atoms with van der Waals surface area (Å²) in [5.74, 6) is 0.388. The van der Waals surface area contributed by atoms with Gasteiger partial charge in [0.05, 0.1) is 17.5 Å². The molecule has 140 valence electrons. The lowest BCUT2D eigenvalue weighted by atomic mass is 10.2. The summed E-state index contributed by atoms with van der Waals surface area (Å²) in [6.07, 6.45) is 2.08. The van der Waals surface area contributed by atoms with Crippen LogP contribution in [0, 0.1) is 0 Å². The molecule has 0 radical (unpaired) electrons. The van der Waals surface area contributed by atoms with Gasteiger partial charge in [-0.2, -0.15) is 0 Å². The summed E-state index contributed by atoms with van der Waals surface area (Å²) in [7, 11) is -0.430. The molecule has 1 heterocycles. The lowest BCUT2D eigenvalue weighted by Gasteiger charge is -2.16. The van der Waals surface area contributed by atoms with Gasteiger partial charge in [0, 0.05) is 27.2 Å². The monoisotopic (exact) mass is 371 g/mol. The predicted octanol–water partition coefficient (Wildman–Crippen LogP) is 1.26. The second-order valence-corrected chi connectivity index (χ2v) is 8.22. The molecule has 0 bridgehead atoms. The molecule has 0 saturated carbocycles. The molecule has 1 aromatic carbocycles. The van der Waals surface area contributed by atoms with Crippen molar-refractivity contribution >= 4 is 21.7 Å². The Morgan fingerprint density at radius 3 is 2.80 bits per heavy atom. The van der Waals surface area contributed by atoms with Crippen molar-refractivity contribution in [2.24, 2.45) is 0 Å². The largest absolute Gasteiger partial charge is 0.489 e. The fourth-order valence-corrected chi connectivity index (χ4v) is 3.02. The van der Waals surface area contributed by atoms with E-state index in [0.717, 1.165) is 23.8 Å². The molecular formula is C16H25N3O5S. The minimum atomic E-state index is -3.34. The second kappa shape index (κ2) is 9.02. The molecular weight excluding hydrogens is 346 g/mol. The summed E-state index contributed by atoms with van der Waals surface area (Å²) in [6.45, 7) is 1.21. The number of sulfonamides is 1. The molecule has 1 fully saturated rings. The van der Waals surface area contributed by atoms with Crippen molar-refractivity contribution in [3.63, 3.8) is 0 Å². The molecule has 2 amide bonds. The molecule has 25 heavy (non-hydrogen) atoms. The van der Waals surface area contributed by atoms with Gasteiger partial charge >= 0.3 is 6.03 Å². The van der Waals surface area contributed by atoms with Crippen LogP contribution in [0.5, 0.6) is 5.75 Å². The highest BCUT2D eigenvalue weighted by atomic mass is 32.2. The van der Waals surface area contributed by atoms with Crippen molar-refractivity contribution in [3.8, 4) is 5.75 Å². The predicted molar refractivity (Wildman–Crippen MR) is 95.4 cm³/mol. The summed E-state index contributed by atoms with van der Waals surface area (Å²) in [4.78, 5) is 12.0. The molecule has 0 aliphatic carbocycles. The van der Waals surface area contributed by atoms with Gasteiger partial charge in [-0.1, -0.05) is 12.1 Å². The first-order valence-electron chi connectivity index (χ1n) is 8.17. The summed E-state index contributed by atoms with van der Waals surface area (Å²) >= 11 is 0. The van der Waals surface area contributed by atoms with E-state index in [2.05, 4.69) is 10.6 Å². The standard InChI is InChI=1S/C16H25N3O5S/c1-19(2)25(21,22)11-9-17-16(20)18-14-7-3-4-8-15(14)24-12-13-6-5-10-23-13/h3-4,7-8,13H,5-6,9-12H2,1-2H3,(H2,17,18,20). The van der Waals surface area contributed by atoms with E-state index in [-0.39, 0.29) is 18.4 Å². The third kappa shape index (κ3) is 6.18. The maximum absolute atomic E-state index is 12.0. The van der Waals surface area contributed by atoms with E-state index in [0.29, 0.717) is 18.0 Å². The zero-order chi connectivity index (χ0) is 18.3. The fourth-order valence-electron chi connectivity index (χ4n) is 2.30. The maximum Gasteiger partial charge on any atom is 0.319 e. The van der Waals surface area contributed by atoms with E-state index in [1.807, 2.05) is 6.07 Å². The molecule has 1 saturated heterocycles. The van der Waals surface area contributed by atoms with Crippen molar-refractivity contribution in [3.05, 3.63) is 24.3 Å². The highest BCUT2D eigenvalue weighted by Gasteiger charge is 2.17. The zero-order valence-corrected chi connectivity index (χ0v) is 15.3. The van der Waals surface area contributed by atoms with E-state index in [9.17, 15) is 13.2 Å². The van der Waals surface area contributed by atoms with E-state index in [4.69, 9.17) is 9.47 Å². The number of urea groups is 1. The first-order chi connectivity index (χ1) is 11.9. The molecule has 9 heteroatoms. The van der Waals surface area contributed by atoms with Gasteiger partial charge in [0.25, 0.3) is 0 Å². The lowest BCUT2D eigenvalue weighted by molar-refractivity contribution is 0.0682. The molecule has 2 N–H and O–H groups in total. The number of nitrogens with zero attached hydrogens (tertiary/aromatic N) is 1. The highest BCUT2D eigenvalue weighted by molar-refractivity contribution is 7.89. The average Bonchev–Trinajstić information content (AvgIpc) is 3.07. The van der Waals surface area contributed by atoms with Gasteiger partial charge in [-0.15, -0.1) is 0 Å². The summed E-state index contributed by atoms with van der Waals surface area (Å²) in [5, 5.41) is 5.21. The Labute approximate surface area is 148 Å². The summed E-state index contributed by atoms with van der Waals surface area (Å²) in [5.41, 5.74) is 0.522. The molecule has 2 rings (SSSR count). The highest BCUT2D eigenvalue weighted by Crippen LogP contribution is 2.24. The molecule has 1 unspecified atom stereocenters. The number of hydrogen-bond acceptors (Lipinski definition) is 5. The Kier molecular flexibility index (Phi) is 7.03. The number of benzene rings is 1. The molecule has 1 atom stereocenters. The topological polar surface area (TPSA) is 97.0 Å². The van der Waals surface area contributed by atoms with E-state index >= 15 is 0 Å². The third-order valence-electron chi connectivity index (χ3n) is 3.79. The van der Waals surface area contributed by atoms with Gasteiger partial charge in [-0.25, -0.2) is 17.5 Å². The fraction of sp³-hybridized carbons (Fsp3) is 0.562. The number of hydrogen-bond donors (Lipinski definition) is 2. The molecule has 0 aromatic heterocycles. The number of rotatable bonds is 8. The van der Waals surface area contributed by atoms with Crippen molar-refractivity contribution in [1.29, 1.82) is 0 Å². The smallest absolute Gasteiger partial charge is 0.319 e. The molecule has 1 aliphatic heterocycles. The summed E-state index contributed by atoms with van der Waals surface area (Å²) < 4.78 is 35.7. The van der Waals surface area contributed by atoms with E-state index in [1.165, 1.54) is 14.1 Å². The van der Waals surface area contributed by atoms with Gasteiger partial charge in [0.2, 0.25) is 10.0 Å². The van der Waals surface area contributed by atoms with Crippen LogP contribution in [0.1, 0.15) is 12.8 Å². The lowest BCUT2D eigenvalue weighted by Crippen LogP contribution is -2.36. The average molecular weight is 371 g/mol. The van der Waals surface area contributed by atoms with Crippen LogP contribution in [0.3, 0.4) is 0 Å². The molecule has 8 nitrogen and oxygen atoms in total. The Bertz CT molecular complexity index is 672. The van der Waals surface area contributed by atoms with Crippen LogP contribution in [0.2, 0.25) is 0 Å². The SMILES string of the molecule is CN(C)S(=O)(=O)CCNC(=O)Nc1ccccc1OCC1CCCO1. The first kappa shape index (κ1) is 19.5. The zero-order valence-electron chi connectivity index (χ0n) is 14.5. The van der Waals surface area contributed by atoms with Gasteiger partial charge in [-0.05, 0) is 25.0 Å². The first-order valence-corrected chi connectivity index (χ1v) is 9.78. The van der Waals surface area contributed by atoms with Crippen LogP contribution in [0.25, 0.3) is 0 Å². The van der Waals surface area contributed by atoms with Crippen LogP contribution >= 0.6 is 0 Å². The van der Waals surface area contributed by atoms with Crippen molar-refractivity contribution in [2.75, 3.05) is 44.9 Å². The maximum atomic E-state index is 12.0. The molecule has 1 aromatic rings. The number of carbonyl (C=O) groups is 1. The third-order valence-corrected chi connectivity index (χ3v) is 5.62. The number of carbonyl (C=O) groups excluding carboxylic acids is 1. The van der Waals surface area contributed by atoms with Crippen molar-refractivity contribution in [1.82, 2.24) is 9.62 Å². The van der Waals surface area contributed by atoms with Gasteiger partial charge in [-0.3, -0.25) is 0 Å². The Morgan fingerprint density at radius 1 is 1.36 bits per heavy atom. The number of ether oxygens (including phenoxy) is 2.